The number of nitrogens with zero attached hydrogens (tertiary/aromatic N) is 1. The number of hydrogen-bond acceptors (Lipinski definition) is 7. The number of amides is 2. The number of rotatable bonds is 5. The molecular weight excluding hydrogens is 410 g/mol. The molecule has 3 aromatic rings. The molecule has 1 aromatic carbocycles. The molecule has 2 N–H and O–H groups in total. The standard InChI is InChI=1S/C20H17N3O4S2/c1-11(24)21-9-13-6-7-17(29-13)15-10-28-20(22-15)23-18(25)16-8-12-4-2-3-5-14(12)19(26)27-16/h2-7,10,16H,8-9H2,1H3,(H,21,24)(H,22,23,25)/t16-/m0/s1. The van der Waals surface area contributed by atoms with Crippen molar-refractivity contribution < 1.29 is 19.1 Å². The fourth-order valence-electron chi connectivity index (χ4n) is 2.93. The van der Waals surface area contributed by atoms with Crippen LogP contribution >= 0.6 is 22.7 Å². The summed E-state index contributed by atoms with van der Waals surface area (Å²) >= 11 is 2.83. The number of carbonyl (C=O) groups excluding carboxylic acids is 3. The van der Waals surface area contributed by atoms with Gasteiger partial charge < -0.3 is 10.1 Å². The molecule has 2 aromatic heterocycles. The quantitative estimate of drug-likeness (QED) is 0.610. The van der Waals surface area contributed by atoms with Crippen LogP contribution in [0.2, 0.25) is 0 Å². The van der Waals surface area contributed by atoms with Crippen molar-refractivity contribution in [3.8, 4) is 10.6 Å². The third-order valence-electron chi connectivity index (χ3n) is 4.34. The van der Waals surface area contributed by atoms with E-state index in [9.17, 15) is 14.4 Å². The van der Waals surface area contributed by atoms with Crippen molar-refractivity contribution in [3.05, 3.63) is 57.8 Å². The first-order chi connectivity index (χ1) is 14.0. The smallest absolute Gasteiger partial charge is 0.339 e. The summed E-state index contributed by atoms with van der Waals surface area (Å²) in [4.78, 5) is 42.1. The van der Waals surface area contributed by atoms with E-state index >= 15 is 0 Å². The van der Waals surface area contributed by atoms with Crippen LogP contribution in [0.4, 0.5) is 5.13 Å². The van der Waals surface area contributed by atoms with Crippen LogP contribution in [0, 0.1) is 0 Å². The molecule has 0 fully saturated rings. The van der Waals surface area contributed by atoms with Gasteiger partial charge in [0.2, 0.25) is 5.91 Å². The van der Waals surface area contributed by atoms with E-state index < -0.39 is 18.0 Å². The molecule has 148 valence electrons. The Morgan fingerprint density at radius 3 is 2.90 bits per heavy atom. The Hall–Kier alpha value is -3.04. The number of thiophene rings is 1. The first kappa shape index (κ1) is 19.3. The molecule has 2 amide bonds. The normalized spacial score (nSPS) is 15.3. The van der Waals surface area contributed by atoms with E-state index in [1.165, 1.54) is 29.6 Å². The molecule has 9 heteroatoms. The van der Waals surface area contributed by atoms with Crippen LogP contribution in [0.5, 0.6) is 0 Å². The summed E-state index contributed by atoms with van der Waals surface area (Å²) in [5.41, 5.74) is 2.05. The number of ether oxygens (including phenoxy) is 1. The van der Waals surface area contributed by atoms with E-state index in [1.807, 2.05) is 29.6 Å². The highest BCUT2D eigenvalue weighted by atomic mass is 32.1. The van der Waals surface area contributed by atoms with Gasteiger partial charge in [-0.1, -0.05) is 18.2 Å². The largest absolute Gasteiger partial charge is 0.448 e. The summed E-state index contributed by atoms with van der Waals surface area (Å²) in [6.07, 6.45) is -0.542. The molecule has 1 aliphatic heterocycles. The van der Waals surface area contributed by atoms with Gasteiger partial charge in [-0.3, -0.25) is 14.9 Å². The molecule has 0 unspecified atom stereocenters. The number of benzene rings is 1. The van der Waals surface area contributed by atoms with Crippen LogP contribution in [-0.2, 0) is 27.3 Å². The van der Waals surface area contributed by atoms with E-state index in [1.54, 1.807) is 12.1 Å². The zero-order chi connectivity index (χ0) is 20.4. The molecule has 3 heterocycles. The highest BCUT2D eigenvalue weighted by Gasteiger charge is 2.31. The van der Waals surface area contributed by atoms with Gasteiger partial charge in [-0.05, 0) is 23.8 Å². The Bertz CT molecular complexity index is 1090. The molecule has 7 nitrogen and oxygen atoms in total. The fraction of sp³-hybridized carbons (Fsp3) is 0.200. The lowest BCUT2D eigenvalue weighted by Gasteiger charge is -2.23. The van der Waals surface area contributed by atoms with E-state index in [0.29, 0.717) is 23.7 Å². The number of cyclic esters (lactones) is 1. The second-order valence-corrected chi connectivity index (χ2v) is 8.48. The molecule has 0 radical (unpaired) electrons. The van der Waals surface area contributed by atoms with Crippen LogP contribution < -0.4 is 10.6 Å². The number of aromatic nitrogens is 1. The number of esters is 1. The maximum atomic E-state index is 12.6. The SMILES string of the molecule is CC(=O)NCc1ccc(-c2csc(NC(=O)[C@@H]3Cc4ccccc4C(=O)O3)n2)s1. The lowest BCUT2D eigenvalue weighted by Crippen LogP contribution is -2.37. The van der Waals surface area contributed by atoms with Crippen molar-refractivity contribution in [2.24, 2.45) is 0 Å². The number of thiazole rings is 1. The molecule has 0 bridgehead atoms. The zero-order valence-corrected chi connectivity index (χ0v) is 17.1. The third-order valence-corrected chi connectivity index (χ3v) is 6.21. The lowest BCUT2D eigenvalue weighted by atomic mass is 9.98. The zero-order valence-electron chi connectivity index (χ0n) is 15.4. The van der Waals surface area contributed by atoms with Gasteiger partial charge in [0.1, 0.15) is 0 Å². The summed E-state index contributed by atoms with van der Waals surface area (Å²) in [7, 11) is 0. The van der Waals surface area contributed by atoms with Gasteiger partial charge in [0.05, 0.1) is 22.7 Å². The molecule has 0 saturated carbocycles. The Kier molecular flexibility index (Phi) is 5.41. The summed E-state index contributed by atoms with van der Waals surface area (Å²) in [6, 6.07) is 11.0. The van der Waals surface area contributed by atoms with Gasteiger partial charge in [-0.15, -0.1) is 22.7 Å². The Morgan fingerprint density at radius 2 is 2.07 bits per heavy atom. The Morgan fingerprint density at radius 1 is 1.24 bits per heavy atom. The fourth-order valence-corrected chi connectivity index (χ4v) is 4.63. The Labute approximate surface area is 174 Å². The van der Waals surface area contributed by atoms with Gasteiger partial charge in [0.25, 0.3) is 5.91 Å². The first-order valence-electron chi connectivity index (χ1n) is 8.88. The number of fused-ring (bicyclic) bond motifs is 1. The van der Waals surface area contributed by atoms with Crippen molar-refractivity contribution in [2.45, 2.75) is 26.0 Å². The number of carbonyl (C=O) groups is 3. The predicted molar refractivity (Wildman–Crippen MR) is 111 cm³/mol. The van der Waals surface area contributed by atoms with Crippen molar-refractivity contribution in [2.75, 3.05) is 5.32 Å². The minimum atomic E-state index is -0.879. The van der Waals surface area contributed by atoms with Gasteiger partial charge >= 0.3 is 5.97 Å². The maximum absolute atomic E-state index is 12.6. The topological polar surface area (TPSA) is 97.4 Å². The predicted octanol–water partition coefficient (Wildman–Crippen LogP) is 3.23. The lowest BCUT2D eigenvalue weighted by molar-refractivity contribution is -0.125. The minimum absolute atomic E-state index is 0.0790. The summed E-state index contributed by atoms with van der Waals surface area (Å²) in [5.74, 6) is -0.965. The summed E-state index contributed by atoms with van der Waals surface area (Å²) < 4.78 is 5.28. The van der Waals surface area contributed by atoms with Crippen LogP contribution in [0.1, 0.15) is 27.7 Å². The third kappa shape index (κ3) is 4.36. The van der Waals surface area contributed by atoms with Crippen LogP contribution in [-0.4, -0.2) is 28.9 Å². The van der Waals surface area contributed by atoms with Gasteiger partial charge in [-0.2, -0.15) is 0 Å². The molecule has 1 aliphatic rings. The average molecular weight is 428 g/mol. The highest BCUT2D eigenvalue weighted by Crippen LogP contribution is 2.31. The van der Waals surface area contributed by atoms with Crippen molar-refractivity contribution in [3.63, 3.8) is 0 Å². The summed E-state index contributed by atoms with van der Waals surface area (Å²) in [5, 5.41) is 7.79. The van der Waals surface area contributed by atoms with E-state index in [2.05, 4.69) is 15.6 Å². The average Bonchev–Trinajstić information content (AvgIpc) is 3.35. The van der Waals surface area contributed by atoms with E-state index in [0.717, 1.165) is 21.0 Å². The monoisotopic (exact) mass is 427 g/mol. The number of nitrogens with one attached hydrogen (secondary N) is 2. The van der Waals surface area contributed by atoms with E-state index in [4.69, 9.17) is 4.74 Å². The number of anilines is 1. The van der Waals surface area contributed by atoms with Gasteiger partial charge in [0.15, 0.2) is 11.2 Å². The second-order valence-electron chi connectivity index (χ2n) is 6.46. The van der Waals surface area contributed by atoms with Gasteiger partial charge in [0, 0.05) is 23.6 Å². The molecule has 0 saturated heterocycles. The summed E-state index contributed by atoms with van der Waals surface area (Å²) in [6.45, 7) is 1.95. The van der Waals surface area contributed by atoms with Crippen LogP contribution in [0.3, 0.4) is 0 Å². The molecule has 4 rings (SSSR count). The highest BCUT2D eigenvalue weighted by molar-refractivity contribution is 7.17. The Balaban J connectivity index is 1.41. The van der Waals surface area contributed by atoms with Crippen molar-refractivity contribution >= 4 is 45.6 Å². The number of hydrogen-bond donors (Lipinski definition) is 2. The minimum Gasteiger partial charge on any atom is -0.448 e. The second kappa shape index (κ2) is 8.14. The van der Waals surface area contributed by atoms with Crippen LogP contribution in [0.15, 0.2) is 41.8 Å². The molecule has 0 spiro atoms. The van der Waals surface area contributed by atoms with Crippen molar-refractivity contribution in [1.29, 1.82) is 0 Å². The van der Waals surface area contributed by atoms with Gasteiger partial charge in [-0.25, -0.2) is 9.78 Å². The van der Waals surface area contributed by atoms with Crippen LogP contribution in [0.25, 0.3) is 10.6 Å². The molecular formula is C20H17N3O4S2. The van der Waals surface area contributed by atoms with Crippen molar-refractivity contribution in [1.82, 2.24) is 10.3 Å². The maximum Gasteiger partial charge on any atom is 0.339 e. The molecule has 29 heavy (non-hydrogen) atoms. The first-order valence-corrected chi connectivity index (χ1v) is 10.6. The van der Waals surface area contributed by atoms with E-state index in [-0.39, 0.29) is 5.91 Å². The molecule has 1 atom stereocenters. The molecule has 0 aliphatic carbocycles.